The van der Waals surface area contributed by atoms with Crippen molar-refractivity contribution in [3.8, 4) is 0 Å². The highest BCUT2D eigenvalue weighted by molar-refractivity contribution is 5.88. The van der Waals surface area contributed by atoms with Crippen LogP contribution in [0.1, 0.15) is 19.3 Å². The first-order valence-electron chi connectivity index (χ1n) is 6.55. The van der Waals surface area contributed by atoms with Crippen LogP contribution < -0.4 is 5.32 Å². The van der Waals surface area contributed by atoms with E-state index in [1.807, 2.05) is 0 Å². The Labute approximate surface area is 110 Å². The van der Waals surface area contributed by atoms with Crippen molar-refractivity contribution in [2.75, 3.05) is 11.9 Å². The maximum absolute atomic E-state index is 13.3. The standard InChI is InChI=1S/C14H16FN3O/c15-10-4-5-12-11(6-10)14(17-8-16-12)18-13(7-19)9-2-1-3-9/h4-6,8-9,13,19H,1-3,7H2,(H,16,17,18). The molecule has 1 fully saturated rings. The van der Waals surface area contributed by atoms with Gasteiger partial charge in [-0.15, -0.1) is 0 Å². The number of fused-ring (bicyclic) bond motifs is 1. The molecule has 1 heterocycles. The van der Waals surface area contributed by atoms with Crippen LogP contribution in [-0.2, 0) is 0 Å². The highest BCUT2D eigenvalue weighted by Gasteiger charge is 2.27. The van der Waals surface area contributed by atoms with Crippen LogP contribution in [-0.4, -0.2) is 27.7 Å². The fourth-order valence-electron chi connectivity index (χ4n) is 2.47. The minimum Gasteiger partial charge on any atom is -0.394 e. The Morgan fingerprint density at radius 2 is 2.21 bits per heavy atom. The fourth-order valence-corrected chi connectivity index (χ4v) is 2.47. The average Bonchev–Trinajstić information content (AvgIpc) is 2.36. The van der Waals surface area contributed by atoms with Gasteiger partial charge in [-0.2, -0.15) is 0 Å². The summed E-state index contributed by atoms with van der Waals surface area (Å²) in [7, 11) is 0. The number of hydrogen-bond donors (Lipinski definition) is 2. The second-order valence-corrected chi connectivity index (χ2v) is 5.01. The van der Waals surface area contributed by atoms with E-state index >= 15 is 0 Å². The molecule has 1 unspecified atom stereocenters. The van der Waals surface area contributed by atoms with E-state index in [4.69, 9.17) is 0 Å². The third-order valence-electron chi connectivity index (χ3n) is 3.84. The number of hydrogen-bond acceptors (Lipinski definition) is 4. The van der Waals surface area contributed by atoms with Crippen LogP contribution in [0, 0.1) is 11.7 Å². The summed E-state index contributed by atoms with van der Waals surface area (Å²) < 4.78 is 13.3. The number of nitrogens with one attached hydrogen (secondary N) is 1. The molecule has 1 aromatic carbocycles. The second-order valence-electron chi connectivity index (χ2n) is 5.01. The summed E-state index contributed by atoms with van der Waals surface area (Å²) in [4.78, 5) is 8.29. The monoisotopic (exact) mass is 261 g/mol. The van der Waals surface area contributed by atoms with Crippen molar-refractivity contribution in [2.45, 2.75) is 25.3 Å². The molecule has 3 rings (SSSR count). The van der Waals surface area contributed by atoms with Crippen molar-refractivity contribution in [3.05, 3.63) is 30.3 Å². The number of halogens is 1. The van der Waals surface area contributed by atoms with E-state index in [9.17, 15) is 9.50 Å². The van der Waals surface area contributed by atoms with Crippen molar-refractivity contribution < 1.29 is 9.50 Å². The van der Waals surface area contributed by atoms with Gasteiger partial charge >= 0.3 is 0 Å². The van der Waals surface area contributed by atoms with E-state index in [1.165, 1.54) is 24.9 Å². The summed E-state index contributed by atoms with van der Waals surface area (Å²) in [5, 5.41) is 13.4. The SMILES string of the molecule is OCC(Nc1ncnc2ccc(F)cc12)C1CCC1. The molecule has 1 aliphatic carbocycles. The Morgan fingerprint density at radius 1 is 1.37 bits per heavy atom. The Balaban J connectivity index is 1.92. The number of rotatable bonds is 4. The molecule has 2 N–H and O–H groups in total. The van der Waals surface area contributed by atoms with Gasteiger partial charge in [0, 0.05) is 5.39 Å². The first-order chi connectivity index (χ1) is 9.28. The van der Waals surface area contributed by atoms with Gasteiger partial charge in [-0.3, -0.25) is 0 Å². The molecule has 5 heteroatoms. The van der Waals surface area contributed by atoms with Crippen LogP contribution in [0.2, 0.25) is 0 Å². The molecule has 19 heavy (non-hydrogen) atoms. The molecule has 1 aliphatic rings. The van der Waals surface area contributed by atoms with Crippen LogP contribution in [0.15, 0.2) is 24.5 Å². The van der Waals surface area contributed by atoms with Gasteiger partial charge in [0.1, 0.15) is 18.0 Å². The molecule has 0 spiro atoms. The normalized spacial score (nSPS) is 17.2. The predicted octanol–water partition coefficient (Wildman–Crippen LogP) is 2.34. The van der Waals surface area contributed by atoms with Crippen molar-refractivity contribution in [3.63, 3.8) is 0 Å². The highest BCUT2D eigenvalue weighted by atomic mass is 19.1. The summed E-state index contributed by atoms with van der Waals surface area (Å²) in [6, 6.07) is 4.42. The Hall–Kier alpha value is -1.75. The minimum absolute atomic E-state index is 0.0184. The third-order valence-corrected chi connectivity index (χ3v) is 3.84. The van der Waals surface area contributed by atoms with E-state index in [0.29, 0.717) is 22.6 Å². The molecule has 0 amide bonds. The molecule has 1 saturated carbocycles. The molecule has 0 radical (unpaired) electrons. The number of aliphatic hydroxyl groups excluding tert-OH is 1. The number of anilines is 1. The first kappa shape index (κ1) is 12.3. The zero-order chi connectivity index (χ0) is 13.2. The molecule has 0 saturated heterocycles. The summed E-state index contributed by atoms with van der Waals surface area (Å²) in [5.74, 6) is 0.758. The summed E-state index contributed by atoms with van der Waals surface area (Å²) in [6.45, 7) is 0.0610. The molecule has 0 bridgehead atoms. The zero-order valence-corrected chi connectivity index (χ0v) is 10.5. The Kier molecular flexibility index (Phi) is 3.29. The van der Waals surface area contributed by atoms with Gasteiger partial charge in [-0.05, 0) is 37.0 Å². The largest absolute Gasteiger partial charge is 0.394 e. The van der Waals surface area contributed by atoms with Crippen LogP contribution in [0.25, 0.3) is 10.9 Å². The lowest BCUT2D eigenvalue weighted by atomic mass is 9.80. The van der Waals surface area contributed by atoms with E-state index in [1.54, 1.807) is 6.07 Å². The molecular weight excluding hydrogens is 245 g/mol. The molecule has 4 nitrogen and oxygen atoms in total. The van der Waals surface area contributed by atoms with Gasteiger partial charge in [-0.25, -0.2) is 14.4 Å². The number of aromatic nitrogens is 2. The lowest BCUT2D eigenvalue weighted by Crippen LogP contribution is -2.36. The highest BCUT2D eigenvalue weighted by Crippen LogP contribution is 2.31. The number of nitrogens with zero attached hydrogens (tertiary/aromatic N) is 2. The molecular formula is C14H16FN3O. The van der Waals surface area contributed by atoms with E-state index in [2.05, 4.69) is 15.3 Å². The summed E-state index contributed by atoms with van der Waals surface area (Å²) in [6.07, 6.45) is 4.91. The van der Waals surface area contributed by atoms with E-state index in [0.717, 1.165) is 12.8 Å². The van der Waals surface area contributed by atoms with Crippen molar-refractivity contribution in [1.29, 1.82) is 0 Å². The van der Waals surface area contributed by atoms with E-state index in [-0.39, 0.29) is 18.5 Å². The average molecular weight is 261 g/mol. The van der Waals surface area contributed by atoms with E-state index < -0.39 is 0 Å². The molecule has 1 aromatic heterocycles. The van der Waals surface area contributed by atoms with Crippen molar-refractivity contribution >= 4 is 16.7 Å². The lowest BCUT2D eigenvalue weighted by Gasteiger charge is -2.33. The number of benzene rings is 1. The maximum atomic E-state index is 13.3. The second kappa shape index (κ2) is 5.09. The van der Waals surface area contributed by atoms with Gasteiger partial charge in [0.2, 0.25) is 0 Å². The molecule has 0 aliphatic heterocycles. The Bertz CT molecular complexity index is 586. The smallest absolute Gasteiger partial charge is 0.137 e. The zero-order valence-electron chi connectivity index (χ0n) is 10.5. The minimum atomic E-state index is -0.311. The lowest BCUT2D eigenvalue weighted by molar-refractivity contribution is 0.187. The predicted molar refractivity (Wildman–Crippen MR) is 71.3 cm³/mol. The van der Waals surface area contributed by atoms with Gasteiger partial charge < -0.3 is 10.4 Å². The quantitative estimate of drug-likeness (QED) is 0.887. The van der Waals surface area contributed by atoms with Gasteiger partial charge in [0.15, 0.2) is 0 Å². The maximum Gasteiger partial charge on any atom is 0.137 e. The third kappa shape index (κ3) is 2.38. The van der Waals surface area contributed by atoms with Crippen LogP contribution >= 0.6 is 0 Å². The van der Waals surface area contributed by atoms with Crippen LogP contribution in [0.3, 0.4) is 0 Å². The van der Waals surface area contributed by atoms with Crippen LogP contribution in [0.5, 0.6) is 0 Å². The summed E-state index contributed by atoms with van der Waals surface area (Å²) >= 11 is 0. The van der Waals surface area contributed by atoms with Gasteiger partial charge in [0.25, 0.3) is 0 Å². The first-order valence-corrected chi connectivity index (χ1v) is 6.55. The van der Waals surface area contributed by atoms with Gasteiger partial charge in [-0.1, -0.05) is 6.42 Å². The van der Waals surface area contributed by atoms with Crippen molar-refractivity contribution in [1.82, 2.24) is 9.97 Å². The molecule has 1 atom stereocenters. The van der Waals surface area contributed by atoms with Crippen molar-refractivity contribution in [2.24, 2.45) is 5.92 Å². The fraction of sp³-hybridized carbons (Fsp3) is 0.429. The van der Waals surface area contributed by atoms with Crippen LogP contribution in [0.4, 0.5) is 10.2 Å². The molecule has 2 aromatic rings. The van der Waals surface area contributed by atoms with Gasteiger partial charge in [0.05, 0.1) is 18.2 Å². The topological polar surface area (TPSA) is 58.0 Å². The molecule has 100 valence electrons. The summed E-state index contributed by atoms with van der Waals surface area (Å²) in [5.41, 5.74) is 0.698. The Morgan fingerprint density at radius 3 is 2.89 bits per heavy atom. The number of aliphatic hydroxyl groups is 1.